The first kappa shape index (κ1) is 12.8. The number of aliphatic carboxylic acids is 1. The Morgan fingerprint density at radius 3 is 2.53 bits per heavy atom. The van der Waals surface area contributed by atoms with Gasteiger partial charge < -0.3 is 14.7 Å². The summed E-state index contributed by atoms with van der Waals surface area (Å²) in [7, 11) is 0. The van der Waals surface area contributed by atoms with Crippen LogP contribution in [0.2, 0.25) is 0 Å². The van der Waals surface area contributed by atoms with Crippen molar-refractivity contribution in [3.05, 3.63) is 0 Å². The Morgan fingerprint density at radius 1 is 1.35 bits per heavy atom. The molecule has 0 radical (unpaired) electrons. The van der Waals surface area contributed by atoms with Crippen molar-refractivity contribution < 1.29 is 14.6 Å². The molecule has 4 heteroatoms. The van der Waals surface area contributed by atoms with Crippen LogP contribution < -0.4 is 0 Å². The van der Waals surface area contributed by atoms with E-state index in [1.807, 2.05) is 0 Å². The van der Waals surface area contributed by atoms with Gasteiger partial charge >= 0.3 is 5.97 Å². The van der Waals surface area contributed by atoms with Crippen LogP contribution in [0.4, 0.5) is 0 Å². The molecule has 0 spiro atoms. The fraction of sp³-hybridized carbons (Fsp3) is 0.923. The van der Waals surface area contributed by atoms with E-state index in [0.29, 0.717) is 6.61 Å². The number of carboxylic acid groups (broad SMARTS) is 1. The minimum atomic E-state index is -0.772. The number of rotatable bonds is 5. The van der Waals surface area contributed by atoms with E-state index in [1.165, 1.54) is 12.8 Å². The molecule has 2 fully saturated rings. The smallest absolute Gasteiger partial charge is 0.305 e. The van der Waals surface area contributed by atoms with Crippen LogP contribution in [-0.4, -0.2) is 47.8 Å². The SMILES string of the molecule is CC1CC(N2CCC(OCCC(=O)O)CC2)C1. The van der Waals surface area contributed by atoms with E-state index in [4.69, 9.17) is 9.84 Å². The lowest BCUT2D eigenvalue weighted by Crippen LogP contribution is -2.48. The van der Waals surface area contributed by atoms with E-state index in [1.54, 1.807) is 0 Å². The van der Waals surface area contributed by atoms with Gasteiger partial charge in [0, 0.05) is 19.1 Å². The summed E-state index contributed by atoms with van der Waals surface area (Å²) in [5.74, 6) is 0.135. The van der Waals surface area contributed by atoms with Gasteiger partial charge in [-0.3, -0.25) is 4.79 Å². The van der Waals surface area contributed by atoms with Gasteiger partial charge in [0.05, 0.1) is 19.1 Å². The van der Waals surface area contributed by atoms with Crippen molar-refractivity contribution in [2.75, 3.05) is 19.7 Å². The first-order valence-corrected chi connectivity index (χ1v) is 6.72. The highest BCUT2D eigenvalue weighted by Gasteiger charge is 2.32. The summed E-state index contributed by atoms with van der Waals surface area (Å²) in [6.45, 7) is 4.92. The second kappa shape index (κ2) is 5.83. The molecular formula is C13H23NO3. The molecule has 0 atom stereocenters. The maximum atomic E-state index is 10.4. The fourth-order valence-electron chi connectivity index (χ4n) is 2.88. The van der Waals surface area contributed by atoms with E-state index in [-0.39, 0.29) is 12.5 Å². The van der Waals surface area contributed by atoms with Crippen molar-refractivity contribution in [3.8, 4) is 0 Å². The van der Waals surface area contributed by atoms with Crippen molar-refractivity contribution in [2.24, 2.45) is 5.92 Å². The number of ether oxygens (including phenoxy) is 1. The van der Waals surface area contributed by atoms with Crippen molar-refractivity contribution in [3.63, 3.8) is 0 Å². The lowest BCUT2D eigenvalue weighted by molar-refractivity contribution is -0.139. The van der Waals surface area contributed by atoms with Crippen LogP contribution in [0.25, 0.3) is 0 Å². The fourth-order valence-corrected chi connectivity index (χ4v) is 2.88. The minimum absolute atomic E-state index is 0.125. The summed E-state index contributed by atoms with van der Waals surface area (Å²) >= 11 is 0. The van der Waals surface area contributed by atoms with E-state index in [9.17, 15) is 4.79 Å². The third-order valence-corrected chi connectivity index (χ3v) is 4.01. The Bertz CT molecular complexity index is 255. The van der Waals surface area contributed by atoms with Crippen molar-refractivity contribution in [1.82, 2.24) is 4.90 Å². The zero-order valence-corrected chi connectivity index (χ0v) is 10.6. The van der Waals surface area contributed by atoms with Gasteiger partial charge in [0.15, 0.2) is 0 Å². The molecule has 0 aromatic carbocycles. The Balaban J connectivity index is 1.59. The monoisotopic (exact) mass is 241 g/mol. The molecule has 1 saturated carbocycles. The number of hydrogen-bond acceptors (Lipinski definition) is 3. The van der Waals surface area contributed by atoms with E-state index < -0.39 is 5.97 Å². The molecule has 0 amide bonds. The summed E-state index contributed by atoms with van der Waals surface area (Å²) in [6, 6.07) is 0.810. The summed E-state index contributed by atoms with van der Waals surface area (Å²) in [4.78, 5) is 13.0. The maximum Gasteiger partial charge on any atom is 0.305 e. The van der Waals surface area contributed by atoms with Crippen LogP contribution in [0.1, 0.15) is 39.0 Å². The van der Waals surface area contributed by atoms with Crippen LogP contribution >= 0.6 is 0 Å². The van der Waals surface area contributed by atoms with E-state index in [0.717, 1.165) is 37.9 Å². The number of carboxylic acids is 1. The lowest BCUT2D eigenvalue weighted by atomic mass is 9.80. The molecule has 1 aliphatic carbocycles. The van der Waals surface area contributed by atoms with Crippen LogP contribution in [0, 0.1) is 5.92 Å². The first-order chi connectivity index (χ1) is 8.15. The number of likely N-dealkylation sites (tertiary alicyclic amines) is 1. The molecule has 98 valence electrons. The van der Waals surface area contributed by atoms with Crippen LogP contribution in [0.3, 0.4) is 0 Å². The Labute approximate surface area is 103 Å². The van der Waals surface area contributed by atoms with Gasteiger partial charge in [0.2, 0.25) is 0 Å². The molecule has 17 heavy (non-hydrogen) atoms. The Morgan fingerprint density at radius 2 is 2.00 bits per heavy atom. The van der Waals surface area contributed by atoms with Crippen LogP contribution in [0.15, 0.2) is 0 Å². The third-order valence-electron chi connectivity index (χ3n) is 4.01. The van der Waals surface area contributed by atoms with Gasteiger partial charge in [0.25, 0.3) is 0 Å². The molecule has 1 heterocycles. The van der Waals surface area contributed by atoms with Crippen LogP contribution in [0.5, 0.6) is 0 Å². The molecule has 0 aromatic rings. The predicted octanol–water partition coefficient (Wildman–Crippen LogP) is 1.74. The second-order valence-electron chi connectivity index (χ2n) is 5.48. The standard InChI is InChI=1S/C13H23NO3/c1-10-8-11(9-10)14-5-2-12(3-6-14)17-7-4-13(15)16/h10-12H,2-9H2,1H3,(H,15,16). The number of hydrogen-bond donors (Lipinski definition) is 1. The molecule has 2 rings (SSSR count). The maximum absolute atomic E-state index is 10.4. The highest BCUT2D eigenvalue weighted by molar-refractivity contribution is 5.66. The van der Waals surface area contributed by atoms with Crippen molar-refractivity contribution in [2.45, 2.75) is 51.2 Å². The summed E-state index contributed by atoms with van der Waals surface area (Å²) in [6.07, 6.45) is 5.23. The molecule has 0 unspecified atom stereocenters. The highest BCUT2D eigenvalue weighted by atomic mass is 16.5. The van der Waals surface area contributed by atoms with Crippen molar-refractivity contribution in [1.29, 1.82) is 0 Å². The third kappa shape index (κ3) is 3.68. The number of piperidine rings is 1. The minimum Gasteiger partial charge on any atom is -0.481 e. The summed E-state index contributed by atoms with van der Waals surface area (Å²) in [5, 5.41) is 8.53. The largest absolute Gasteiger partial charge is 0.481 e. The molecule has 2 aliphatic rings. The molecule has 1 saturated heterocycles. The number of carbonyl (C=O) groups is 1. The highest BCUT2D eigenvalue weighted by Crippen LogP contribution is 2.32. The summed E-state index contributed by atoms with van der Waals surface area (Å²) < 4.78 is 5.59. The topological polar surface area (TPSA) is 49.8 Å². The lowest BCUT2D eigenvalue weighted by Gasteiger charge is -2.44. The van der Waals surface area contributed by atoms with Gasteiger partial charge in [-0.2, -0.15) is 0 Å². The normalized spacial score (nSPS) is 31.1. The second-order valence-corrected chi connectivity index (χ2v) is 5.48. The quantitative estimate of drug-likeness (QED) is 0.796. The predicted molar refractivity (Wildman–Crippen MR) is 65.0 cm³/mol. The van der Waals surface area contributed by atoms with Gasteiger partial charge in [-0.25, -0.2) is 0 Å². The average Bonchev–Trinajstić information content (AvgIpc) is 2.26. The van der Waals surface area contributed by atoms with Gasteiger partial charge in [-0.05, 0) is 31.6 Å². The zero-order valence-electron chi connectivity index (χ0n) is 10.6. The molecule has 4 nitrogen and oxygen atoms in total. The summed E-state index contributed by atoms with van der Waals surface area (Å²) in [5.41, 5.74) is 0. The van der Waals surface area contributed by atoms with Gasteiger partial charge in [-0.1, -0.05) is 6.92 Å². The first-order valence-electron chi connectivity index (χ1n) is 6.72. The number of nitrogens with zero attached hydrogens (tertiary/aromatic N) is 1. The zero-order chi connectivity index (χ0) is 12.3. The molecule has 0 bridgehead atoms. The van der Waals surface area contributed by atoms with E-state index >= 15 is 0 Å². The van der Waals surface area contributed by atoms with Crippen molar-refractivity contribution >= 4 is 5.97 Å². The molecule has 0 aromatic heterocycles. The van der Waals surface area contributed by atoms with Gasteiger partial charge in [-0.15, -0.1) is 0 Å². The molecule has 1 N–H and O–H groups in total. The van der Waals surface area contributed by atoms with Crippen LogP contribution in [-0.2, 0) is 9.53 Å². The Hall–Kier alpha value is -0.610. The Kier molecular flexibility index (Phi) is 4.40. The van der Waals surface area contributed by atoms with Gasteiger partial charge in [0.1, 0.15) is 0 Å². The molecular weight excluding hydrogens is 218 g/mol. The van der Waals surface area contributed by atoms with E-state index in [2.05, 4.69) is 11.8 Å². The molecule has 1 aliphatic heterocycles. The average molecular weight is 241 g/mol.